The van der Waals surface area contributed by atoms with Crippen LogP contribution in [0.3, 0.4) is 0 Å². The third-order valence-corrected chi connectivity index (χ3v) is 8.75. The molecule has 0 unspecified atom stereocenters. The number of carbonyl (C=O) groups excluding carboxylic acids is 1. The lowest BCUT2D eigenvalue weighted by molar-refractivity contribution is -0.0856. The topological polar surface area (TPSA) is 66.9 Å². The molecule has 1 amide bonds. The van der Waals surface area contributed by atoms with E-state index in [2.05, 4.69) is 0 Å². The monoisotopic (exact) mass is 426 g/mol. The predicted octanol–water partition coefficient (Wildman–Crippen LogP) is 3.05. The Morgan fingerprint density at radius 1 is 1.11 bits per heavy atom. The smallest absolute Gasteiger partial charge is 0.255 e. The SMILES string of the molecule is O=C(c1ccccc1Cl)N1CCC2(CC1)OCCN2S(=O)(=O)c1cccs1. The van der Waals surface area contributed by atoms with Gasteiger partial charge in [0.05, 0.1) is 17.2 Å². The number of sulfonamides is 1. The van der Waals surface area contributed by atoms with Gasteiger partial charge in [0.25, 0.3) is 15.9 Å². The van der Waals surface area contributed by atoms with Crippen molar-refractivity contribution in [3.05, 3.63) is 52.4 Å². The fraction of sp³-hybridized carbons (Fsp3) is 0.389. The Bertz CT molecular complexity index is 938. The van der Waals surface area contributed by atoms with E-state index in [1.165, 1.54) is 15.6 Å². The number of thiophene rings is 1. The molecule has 0 bridgehead atoms. The molecule has 0 N–H and O–H groups in total. The minimum absolute atomic E-state index is 0.138. The van der Waals surface area contributed by atoms with Crippen molar-refractivity contribution in [1.29, 1.82) is 0 Å². The zero-order valence-corrected chi connectivity index (χ0v) is 16.9. The van der Waals surface area contributed by atoms with Gasteiger partial charge in [0, 0.05) is 32.5 Å². The summed E-state index contributed by atoms with van der Waals surface area (Å²) in [6, 6.07) is 10.3. The van der Waals surface area contributed by atoms with Gasteiger partial charge in [-0.3, -0.25) is 4.79 Å². The summed E-state index contributed by atoms with van der Waals surface area (Å²) in [6.07, 6.45) is 0.877. The molecule has 27 heavy (non-hydrogen) atoms. The van der Waals surface area contributed by atoms with E-state index in [9.17, 15) is 13.2 Å². The largest absolute Gasteiger partial charge is 0.358 e. The van der Waals surface area contributed by atoms with Crippen LogP contribution in [-0.2, 0) is 14.8 Å². The van der Waals surface area contributed by atoms with Crippen molar-refractivity contribution in [2.75, 3.05) is 26.2 Å². The summed E-state index contributed by atoms with van der Waals surface area (Å²) in [4.78, 5) is 14.5. The summed E-state index contributed by atoms with van der Waals surface area (Å²) in [7, 11) is -3.60. The molecule has 3 heterocycles. The number of ether oxygens (including phenoxy) is 1. The fourth-order valence-corrected chi connectivity index (χ4v) is 6.75. The molecule has 6 nitrogen and oxygen atoms in total. The van der Waals surface area contributed by atoms with Crippen molar-refractivity contribution in [2.24, 2.45) is 0 Å². The number of carbonyl (C=O) groups is 1. The van der Waals surface area contributed by atoms with Crippen molar-refractivity contribution in [3.8, 4) is 0 Å². The van der Waals surface area contributed by atoms with Crippen molar-refractivity contribution in [1.82, 2.24) is 9.21 Å². The van der Waals surface area contributed by atoms with Crippen LogP contribution in [0.2, 0.25) is 5.02 Å². The molecular formula is C18H19ClN2O4S2. The Morgan fingerprint density at radius 2 is 1.85 bits per heavy atom. The Morgan fingerprint density at radius 3 is 2.52 bits per heavy atom. The first-order chi connectivity index (χ1) is 12.9. The van der Waals surface area contributed by atoms with Gasteiger partial charge in [-0.2, -0.15) is 4.31 Å². The maximum Gasteiger partial charge on any atom is 0.255 e. The fourth-order valence-electron chi connectivity index (χ4n) is 3.71. The van der Waals surface area contributed by atoms with Gasteiger partial charge in [-0.1, -0.05) is 29.8 Å². The van der Waals surface area contributed by atoms with Gasteiger partial charge in [0.15, 0.2) is 0 Å². The number of hydrogen-bond acceptors (Lipinski definition) is 5. The van der Waals surface area contributed by atoms with Crippen LogP contribution in [0.15, 0.2) is 46.0 Å². The normalized spacial score (nSPS) is 20.3. The van der Waals surface area contributed by atoms with Gasteiger partial charge in [-0.05, 0) is 23.6 Å². The van der Waals surface area contributed by atoms with Gasteiger partial charge < -0.3 is 9.64 Å². The van der Waals surface area contributed by atoms with E-state index >= 15 is 0 Å². The van der Waals surface area contributed by atoms with Gasteiger partial charge in [0.2, 0.25) is 0 Å². The highest BCUT2D eigenvalue weighted by atomic mass is 35.5. The first-order valence-corrected chi connectivity index (χ1v) is 11.4. The average Bonchev–Trinajstić information content (AvgIpc) is 3.33. The molecule has 9 heteroatoms. The highest BCUT2D eigenvalue weighted by molar-refractivity contribution is 7.91. The van der Waals surface area contributed by atoms with Crippen molar-refractivity contribution >= 4 is 38.9 Å². The molecule has 0 radical (unpaired) electrons. The second-order valence-electron chi connectivity index (χ2n) is 6.58. The first kappa shape index (κ1) is 18.9. The number of benzene rings is 1. The Labute approximate surface area is 167 Å². The molecule has 2 aliphatic rings. The number of nitrogens with zero attached hydrogens (tertiary/aromatic N) is 2. The predicted molar refractivity (Wildman–Crippen MR) is 103 cm³/mol. The summed E-state index contributed by atoms with van der Waals surface area (Å²) in [5, 5.41) is 2.17. The molecule has 1 spiro atoms. The van der Waals surface area contributed by atoms with E-state index in [1.54, 1.807) is 46.7 Å². The molecule has 0 saturated carbocycles. The highest BCUT2D eigenvalue weighted by Crippen LogP contribution is 2.39. The molecule has 2 aromatic rings. The lowest BCUT2D eigenvalue weighted by Gasteiger charge is -2.42. The quantitative estimate of drug-likeness (QED) is 0.756. The third kappa shape index (κ3) is 3.30. The van der Waals surface area contributed by atoms with Crippen molar-refractivity contribution in [3.63, 3.8) is 0 Å². The van der Waals surface area contributed by atoms with E-state index in [4.69, 9.17) is 16.3 Å². The standard InChI is InChI=1S/C18H19ClN2O4S2/c19-15-5-2-1-4-14(15)17(22)20-9-7-18(8-10-20)21(11-12-25-18)27(23,24)16-6-3-13-26-16/h1-6,13H,7-12H2. The third-order valence-electron chi connectivity index (χ3n) is 5.10. The van der Waals surface area contributed by atoms with Crippen LogP contribution in [0.25, 0.3) is 0 Å². The van der Waals surface area contributed by atoms with Crippen LogP contribution >= 0.6 is 22.9 Å². The molecule has 2 fully saturated rings. The van der Waals surface area contributed by atoms with Crippen LogP contribution in [0.4, 0.5) is 0 Å². The zero-order valence-electron chi connectivity index (χ0n) is 14.5. The second-order valence-corrected chi connectivity index (χ2v) is 10.0. The van der Waals surface area contributed by atoms with Crippen LogP contribution in [-0.4, -0.2) is 55.5 Å². The van der Waals surface area contributed by atoms with E-state index < -0.39 is 15.7 Å². The Balaban J connectivity index is 1.52. The molecule has 144 valence electrons. The van der Waals surface area contributed by atoms with Crippen molar-refractivity contribution in [2.45, 2.75) is 22.8 Å². The molecule has 1 aromatic heterocycles. The first-order valence-electron chi connectivity index (χ1n) is 8.68. The minimum atomic E-state index is -3.60. The number of piperidine rings is 1. The van der Waals surface area contributed by atoms with Crippen LogP contribution in [0, 0.1) is 0 Å². The highest BCUT2D eigenvalue weighted by Gasteiger charge is 2.51. The molecule has 1 aromatic carbocycles. The van der Waals surface area contributed by atoms with Crippen LogP contribution in [0.1, 0.15) is 23.2 Å². The molecule has 2 aliphatic heterocycles. The Kier molecular flexibility index (Phi) is 5.02. The number of likely N-dealkylation sites (tertiary alicyclic amines) is 1. The molecular weight excluding hydrogens is 408 g/mol. The van der Waals surface area contributed by atoms with E-state index in [0.29, 0.717) is 53.9 Å². The van der Waals surface area contributed by atoms with Crippen molar-refractivity contribution < 1.29 is 17.9 Å². The number of amides is 1. The maximum absolute atomic E-state index is 13.0. The molecule has 0 atom stereocenters. The van der Waals surface area contributed by atoms with E-state index in [1.807, 2.05) is 0 Å². The van der Waals surface area contributed by atoms with Gasteiger partial charge in [0.1, 0.15) is 9.93 Å². The van der Waals surface area contributed by atoms with E-state index in [-0.39, 0.29) is 5.91 Å². The zero-order chi connectivity index (χ0) is 19.1. The molecule has 4 rings (SSSR count). The van der Waals surface area contributed by atoms with Gasteiger partial charge >= 0.3 is 0 Å². The van der Waals surface area contributed by atoms with E-state index in [0.717, 1.165) is 0 Å². The molecule has 2 saturated heterocycles. The maximum atomic E-state index is 13.0. The van der Waals surface area contributed by atoms with Gasteiger partial charge in [-0.25, -0.2) is 8.42 Å². The lowest BCUT2D eigenvalue weighted by atomic mass is 10.00. The second kappa shape index (κ2) is 7.18. The number of hydrogen-bond donors (Lipinski definition) is 0. The number of halogens is 1. The van der Waals surface area contributed by atoms with Crippen LogP contribution < -0.4 is 0 Å². The van der Waals surface area contributed by atoms with Gasteiger partial charge in [-0.15, -0.1) is 11.3 Å². The summed E-state index contributed by atoms with van der Waals surface area (Å²) < 4.78 is 33.7. The average molecular weight is 427 g/mol. The Hall–Kier alpha value is -1.45. The summed E-state index contributed by atoms with van der Waals surface area (Å²) in [5.41, 5.74) is -0.411. The van der Waals surface area contributed by atoms with Crippen LogP contribution in [0.5, 0.6) is 0 Å². The summed E-state index contributed by atoms with van der Waals surface area (Å²) in [6.45, 7) is 1.53. The summed E-state index contributed by atoms with van der Waals surface area (Å²) in [5.74, 6) is -0.138. The molecule has 0 aliphatic carbocycles. The lowest BCUT2D eigenvalue weighted by Crippen LogP contribution is -2.55. The number of rotatable bonds is 3. The summed E-state index contributed by atoms with van der Waals surface area (Å²) >= 11 is 7.34. The minimum Gasteiger partial charge on any atom is -0.358 e.